The highest BCUT2D eigenvalue weighted by Crippen LogP contribution is 2.48. The molecule has 0 amide bonds. The fraction of sp³-hybridized carbons (Fsp3) is 0.417. The maximum Gasteiger partial charge on any atom is 0.199 e. The Morgan fingerprint density at radius 2 is 1.28 bits per heavy atom. The van der Waals surface area contributed by atoms with Crippen LogP contribution in [0, 0.1) is 0 Å². The second kappa shape index (κ2) is 11.1. The van der Waals surface area contributed by atoms with Gasteiger partial charge in [-0.25, -0.2) is 0 Å². The molecule has 0 aliphatic rings. The van der Waals surface area contributed by atoms with E-state index < -0.39 is 7.92 Å². The molecule has 0 heterocycles. The average Bonchev–Trinajstić information content (AvgIpc) is 2.77. The normalized spacial score (nSPS) is 11.8. The highest BCUT2D eigenvalue weighted by atomic mass is 31.1. The van der Waals surface area contributed by atoms with Crippen LogP contribution >= 0.6 is 7.92 Å². The number of aryl methyl sites for hydroxylation is 2. The lowest BCUT2D eigenvalue weighted by Gasteiger charge is -2.21. The first-order valence-electron chi connectivity index (χ1n) is 10.2. The van der Waals surface area contributed by atoms with Gasteiger partial charge in [-0.05, 0) is 48.7 Å². The number of rotatable bonds is 11. The molecule has 2 aromatic rings. The van der Waals surface area contributed by atoms with Crippen molar-refractivity contribution in [2.45, 2.75) is 46.5 Å². The van der Waals surface area contributed by atoms with Crippen molar-refractivity contribution in [3.05, 3.63) is 58.7 Å². The standard InChI is InChI=1S/C24H31O4P/c1-6-9-16-29(23(25)21-17(7-2)12-10-13-18(21)8-3)24(26)22-19(27-4)14-11-15-20(22)28-5/h10-15H,6-9,16H2,1-5H3. The molecule has 4 nitrogen and oxygen atoms in total. The molecule has 2 aromatic carbocycles. The van der Waals surface area contributed by atoms with E-state index in [0.717, 1.165) is 42.4 Å². The lowest BCUT2D eigenvalue weighted by atomic mass is 9.98. The molecule has 2 rings (SSSR count). The third-order valence-corrected chi connectivity index (χ3v) is 7.27. The van der Waals surface area contributed by atoms with Crippen LogP contribution in [-0.4, -0.2) is 31.4 Å². The van der Waals surface area contributed by atoms with Gasteiger partial charge in [-0.3, -0.25) is 9.59 Å². The summed E-state index contributed by atoms with van der Waals surface area (Å²) >= 11 is 0. The number of ether oxygens (including phenoxy) is 2. The van der Waals surface area contributed by atoms with Crippen molar-refractivity contribution in [3.8, 4) is 11.5 Å². The molecule has 5 heteroatoms. The number of hydrogen-bond donors (Lipinski definition) is 0. The van der Waals surface area contributed by atoms with Crippen molar-refractivity contribution in [1.82, 2.24) is 0 Å². The molecular weight excluding hydrogens is 383 g/mol. The Balaban J connectivity index is 2.59. The summed E-state index contributed by atoms with van der Waals surface area (Å²) in [5.74, 6) is 0.899. The molecule has 29 heavy (non-hydrogen) atoms. The van der Waals surface area contributed by atoms with Gasteiger partial charge < -0.3 is 9.47 Å². The lowest BCUT2D eigenvalue weighted by molar-refractivity contribution is 0.104. The first kappa shape index (κ1) is 23.1. The van der Waals surface area contributed by atoms with Gasteiger partial charge in [0.2, 0.25) is 0 Å². The summed E-state index contributed by atoms with van der Waals surface area (Å²) in [5, 5.41) is 0. The molecule has 0 bridgehead atoms. The molecule has 0 aliphatic carbocycles. The minimum atomic E-state index is -1.57. The summed E-state index contributed by atoms with van der Waals surface area (Å²) in [5.41, 5.74) is 2.94. The lowest BCUT2D eigenvalue weighted by Crippen LogP contribution is -2.14. The SMILES string of the molecule is CCCCP(C(=O)c1c(CC)cccc1CC)C(=O)c1c(OC)cccc1OC. The first-order chi connectivity index (χ1) is 14.0. The zero-order valence-electron chi connectivity index (χ0n) is 18.1. The number of carbonyl (C=O) groups excluding carboxylic acids is 2. The number of methoxy groups -OCH3 is 2. The average molecular weight is 414 g/mol. The summed E-state index contributed by atoms with van der Waals surface area (Å²) in [4.78, 5) is 27.4. The highest BCUT2D eigenvalue weighted by molar-refractivity contribution is 7.90. The van der Waals surface area contributed by atoms with Gasteiger partial charge >= 0.3 is 0 Å². The monoisotopic (exact) mass is 414 g/mol. The van der Waals surface area contributed by atoms with E-state index in [9.17, 15) is 9.59 Å². The van der Waals surface area contributed by atoms with E-state index in [2.05, 4.69) is 6.92 Å². The molecule has 0 aliphatic heterocycles. The molecule has 0 spiro atoms. The van der Waals surface area contributed by atoms with Crippen molar-refractivity contribution in [3.63, 3.8) is 0 Å². The van der Waals surface area contributed by atoms with Crippen LogP contribution in [0.25, 0.3) is 0 Å². The topological polar surface area (TPSA) is 52.6 Å². The van der Waals surface area contributed by atoms with E-state index in [-0.39, 0.29) is 11.0 Å². The van der Waals surface area contributed by atoms with Crippen LogP contribution in [0.3, 0.4) is 0 Å². The van der Waals surface area contributed by atoms with Crippen LogP contribution in [0.1, 0.15) is 65.5 Å². The van der Waals surface area contributed by atoms with E-state index in [1.807, 2.05) is 32.0 Å². The van der Waals surface area contributed by atoms with Crippen LogP contribution in [0.5, 0.6) is 11.5 Å². The largest absolute Gasteiger partial charge is 0.496 e. The smallest absolute Gasteiger partial charge is 0.199 e. The van der Waals surface area contributed by atoms with Gasteiger partial charge in [0.1, 0.15) is 17.1 Å². The Hall–Kier alpha value is -2.19. The number of benzene rings is 2. The maximum atomic E-state index is 13.8. The molecule has 0 aromatic heterocycles. The first-order valence-corrected chi connectivity index (χ1v) is 11.7. The van der Waals surface area contributed by atoms with Gasteiger partial charge in [-0.15, -0.1) is 0 Å². The van der Waals surface area contributed by atoms with E-state index in [1.54, 1.807) is 18.2 Å². The molecule has 0 fully saturated rings. The number of unbranched alkanes of at least 4 members (excludes halogenated alkanes) is 1. The van der Waals surface area contributed by atoms with E-state index in [1.165, 1.54) is 14.2 Å². The minimum Gasteiger partial charge on any atom is -0.496 e. The van der Waals surface area contributed by atoms with E-state index >= 15 is 0 Å². The van der Waals surface area contributed by atoms with Crippen molar-refractivity contribution in [1.29, 1.82) is 0 Å². The van der Waals surface area contributed by atoms with Gasteiger partial charge in [0.25, 0.3) is 0 Å². The summed E-state index contributed by atoms with van der Waals surface area (Å²) in [6.45, 7) is 6.17. The number of carbonyl (C=O) groups is 2. The van der Waals surface area contributed by atoms with Crippen LogP contribution in [0.4, 0.5) is 0 Å². The molecule has 0 radical (unpaired) electrons. The van der Waals surface area contributed by atoms with Gasteiger partial charge in [0.05, 0.1) is 14.2 Å². The predicted molar refractivity (Wildman–Crippen MR) is 120 cm³/mol. The molecule has 1 unspecified atom stereocenters. The number of hydrogen-bond acceptors (Lipinski definition) is 4. The van der Waals surface area contributed by atoms with Crippen molar-refractivity contribution in [2.24, 2.45) is 0 Å². The third-order valence-electron chi connectivity index (χ3n) is 5.08. The van der Waals surface area contributed by atoms with Crippen LogP contribution in [0.2, 0.25) is 0 Å². The predicted octanol–water partition coefficient (Wildman–Crippen LogP) is 6.09. The van der Waals surface area contributed by atoms with Crippen LogP contribution in [0.15, 0.2) is 36.4 Å². The molecule has 0 saturated heterocycles. The quantitative estimate of drug-likeness (QED) is 0.418. The Kier molecular flexibility index (Phi) is 8.85. The van der Waals surface area contributed by atoms with Gasteiger partial charge in [0, 0.05) is 13.5 Å². The fourth-order valence-electron chi connectivity index (χ4n) is 3.46. The molecule has 1 atom stereocenters. The second-order valence-electron chi connectivity index (χ2n) is 6.81. The Morgan fingerprint density at radius 1 is 0.793 bits per heavy atom. The minimum absolute atomic E-state index is 0.0271. The van der Waals surface area contributed by atoms with Crippen molar-refractivity contribution < 1.29 is 19.1 Å². The summed E-state index contributed by atoms with van der Waals surface area (Å²) in [7, 11) is 1.50. The second-order valence-corrected chi connectivity index (χ2v) is 8.93. The Morgan fingerprint density at radius 3 is 1.72 bits per heavy atom. The van der Waals surface area contributed by atoms with Gasteiger partial charge in [-0.1, -0.05) is 51.5 Å². The Bertz CT molecular complexity index is 748. The highest BCUT2D eigenvalue weighted by Gasteiger charge is 2.33. The van der Waals surface area contributed by atoms with Crippen molar-refractivity contribution >= 4 is 19.0 Å². The van der Waals surface area contributed by atoms with Gasteiger partial charge in [0.15, 0.2) is 11.0 Å². The van der Waals surface area contributed by atoms with Crippen molar-refractivity contribution in [2.75, 3.05) is 20.4 Å². The fourth-order valence-corrected chi connectivity index (χ4v) is 5.73. The van der Waals surface area contributed by atoms with E-state index in [0.29, 0.717) is 23.2 Å². The summed E-state index contributed by atoms with van der Waals surface area (Å²) < 4.78 is 10.9. The molecule has 0 N–H and O–H groups in total. The summed E-state index contributed by atoms with van der Waals surface area (Å²) in [6, 6.07) is 11.2. The van der Waals surface area contributed by atoms with Gasteiger partial charge in [-0.2, -0.15) is 0 Å². The van der Waals surface area contributed by atoms with Crippen LogP contribution < -0.4 is 9.47 Å². The molecular formula is C24H31O4P. The zero-order valence-corrected chi connectivity index (χ0v) is 19.0. The molecule has 0 saturated carbocycles. The Labute approximate surface area is 175 Å². The van der Waals surface area contributed by atoms with Crippen LogP contribution in [-0.2, 0) is 12.8 Å². The molecule has 156 valence electrons. The maximum absolute atomic E-state index is 13.8. The zero-order chi connectivity index (χ0) is 21.4. The third kappa shape index (κ3) is 5.05. The van der Waals surface area contributed by atoms with E-state index in [4.69, 9.17) is 9.47 Å². The summed E-state index contributed by atoms with van der Waals surface area (Å²) in [6.07, 6.45) is 3.86.